The smallest absolute Gasteiger partial charge is 0.309 e. The maximum absolute atomic E-state index is 12.0. The minimum atomic E-state index is -0.0560. The molecule has 1 aromatic rings. The molecule has 2 rings (SSSR count). The number of likely N-dealkylation sites (N-methyl/N-ethyl adjacent to an activating group) is 1. The molecule has 29 heavy (non-hydrogen) atoms. The highest BCUT2D eigenvalue weighted by Gasteiger charge is 2.27. The first kappa shape index (κ1) is 23.2. The molecule has 1 fully saturated rings. The van der Waals surface area contributed by atoms with Crippen molar-refractivity contribution in [3.05, 3.63) is 35.9 Å². The van der Waals surface area contributed by atoms with Gasteiger partial charge in [-0.15, -0.1) is 0 Å². The van der Waals surface area contributed by atoms with E-state index in [0.29, 0.717) is 12.6 Å². The quantitative estimate of drug-likeness (QED) is 0.391. The van der Waals surface area contributed by atoms with Crippen LogP contribution in [-0.4, -0.2) is 74.1 Å². The van der Waals surface area contributed by atoms with Crippen molar-refractivity contribution >= 4 is 11.9 Å². The van der Waals surface area contributed by atoms with Crippen molar-refractivity contribution in [2.75, 3.05) is 46.4 Å². The summed E-state index contributed by atoms with van der Waals surface area (Å²) >= 11 is 0. The lowest BCUT2D eigenvalue weighted by atomic mass is 9.97. The highest BCUT2D eigenvalue weighted by molar-refractivity contribution is 5.80. The van der Waals surface area contributed by atoms with E-state index in [1.54, 1.807) is 0 Å². The van der Waals surface area contributed by atoms with Crippen LogP contribution in [0.3, 0.4) is 0 Å². The molecular formula is C23H38N4O2. The van der Waals surface area contributed by atoms with Crippen LogP contribution in [0.25, 0.3) is 0 Å². The maximum atomic E-state index is 12.0. The number of nitrogens with one attached hydrogen (secondary N) is 1. The predicted octanol–water partition coefficient (Wildman–Crippen LogP) is 2.79. The second-order valence-corrected chi connectivity index (χ2v) is 7.51. The first-order chi connectivity index (χ1) is 14.1. The Morgan fingerprint density at radius 1 is 1.21 bits per heavy atom. The van der Waals surface area contributed by atoms with E-state index in [-0.39, 0.29) is 11.9 Å². The molecule has 162 valence electrons. The number of carbonyl (C=O) groups excluding carboxylic acids is 1. The van der Waals surface area contributed by atoms with Crippen LogP contribution in [0.15, 0.2) is 35.3 Å². The van der Waals surface area contributed by atoms with Crippen LogP contribution in [0.1, 0.15) is 39.2 Å². The number of guanidine groups is 1. The van der Waals surface area contributed by atoms with Crippen molar-refractivity contribution in [3.8, 4) is 0 Å². The van der Waals surface area contributed by atoms with E-state index in [0.717, 1.165) is 57.9 Å². The van der Waals surface area contributed by atoms with Gasteiger partial charge in [0, 0.05) is 32.7 Å². The molecular weight excluding hydrogens is 364 g/mol. The number of carbonyl (C=O) groups is 1. The molecule has 1 N–H and O–H groups in total. The topological polar surface area (TPSA) is 57.2 Å². The van der Waals surface area contributed by atoms with E-state index in [1.165, 1.54) is 5.56 Å². The third-order valence-corrected chi connectivity index (χ3v) is 5.76. The first-order valence-corrected chi connectivity index (χ1v) is 11.0. The monoisotopic (exact) mass is 402 g/mol. The summed E-state index contributed by atoms with van der Waals surface area (Å²) in [6.07, 6.45) is 2.66. The Morgan fingerprint density at radius 2 is 1.86 bits per heavy atom. The molecule has 1 heterocycles. The first-order valence-electron chi connectivity index (χ1n) is 11.0. The zero-order chi connectivity index (χ0) is 21.1. The van der Waals surface area contributed by atoms with Gasteiger partial charge in [0.25, 0.3) is 0 Å². The van der Waals surface area contributed by atoms with E-state index < -0.39 is 0 Å². The van der Waals surface area contributed by atoms with E-state index >= 15 is 0 Å². The third-order valence-electron chi connectivity index (χ3n) is 5.76. The third kappa shape index (κ3) is 7.03. The molecule has 1 atom stereocenters. The molecule has 0 bridgehead atoms. The number of hydrogen-bond donors (Lipinski definition) is 1. The summed E-state index contributed by atoms with van der Waals surface area (Å²) < 4.78 is 5.18. The SMILES string of the molecule is CCOC(=O)C1CCN(C(=NC)NCC(Cc2ccccc2)N(CC)CC)CC1. The minimum absolute atomic E-state index is 0.0193. The number of aliphatic imine (C=N–C) groups is 1. The highest BCUT2D eigenvalue weighted by Crippen LogP contribution is 2.19. The summed E-state index contributed by atoms with van der Waals surface area (Å²) in [7, 11) is 1.84. The average molecular weight is 403 g/mol. The van der Waals surface area contributed by atoms with Gasteiger partial charge in [-0.25, -0.2) is 0 Å². The van der Waals surface area contributed by atoms with Crippen molar-refractivity contribution in [1.29, 1.82) is 0 Å². The maximum Gasteiger partial charge on any atom is 0.309 e. The van der Waals surface area contributed by atoms with Gasteiger partial charge in [-0.3, -0.25) is 14.7 Å². The van der Waals surface area contributed by atoms with E-state index in [1.807, 2.05) is 14.0 Å². The van der Waals surface area contributed by atoms with Gasteiger partial charge in [0.1, 0.15) is 0 Å². The summed E-state index contributed by atoms with van der Waals surface area (Å²) in [5.41, 5.74) is 1.36. The molecule has 6 heteroatoms. The number of nitrogens with zero attached hydrogens (tertiary/aromatic N) is 3. The summed E-state index contributed by atoms with van der Waals surface area (Å²) in [6.45, 7) is 11.3. The number of esters is 1. The van der Waals surface area contributed by atoms with Crippen molar-refractivity contribution < 1.29 is 9.53 Å². The summed E-state index contributed by atoms with van der Waals surface area (Å²) in [5.74, 6) is 0.892. The molecule has 0 saturated carbocycles. The number of likely N-dealkylation sites (tertiary alicyclic amines) is 1. The van der Waals surface area contributed by atoms with Gasteiger partial charge < -0.3 is 15.0 Å². The second kappa shape index (κ2) is 12.5. The van der Waals surface area contributed by atoms with E-state index in [4.69, 9.17) is 4.74 Å². The summed E-state index contributed by atoms with van der Waals surface area (Å²) in [5, 5.41) is 3.60. The standard InChI is InChI=1S/C23H38N4O2/c1-5-26(6-2)21(17-19-11-9-8-10-12-19)18-25-23(24-4)27-15-13-20(14-16-27)22(28)29-7-3/h8-12,20-21H,5-7,13-18H2,1-4H3,(H,24,25). The van der Waals surface area contributed by atoms with Crippen LogP contribution in [-0.2, 0) is 16.0 Å². The zero-order valence-corrected chi connectivity index (χ0v) is 18.6. The fourth-order valence-electron chi connectivity index (χ4n) is 4.09. The molecule has 6 nitrogen and oxygen atoms in total. The van der Waals surface area contributed by atoms with Gasteiger partial charge in [0.15, 0.2) is 5.96 Å². The van der Waals surface area contributed by atoms with Crippen LogP contribution in [0.2, 0.25) is 0 Å². The van der Waals surface area contributed by atoms with Crippen LogP contribution >= 0.6 is 0 Å². The number of benzene rings is 1. The second-order valence-electron chi connectivity index (χ2n) is 7.51. The Balaban J connectivity index is 1.93. The number of rotatable bonds is 9. The Hall–Kier alpha value is -2.08. The van der Waals surface area contributed by atoms with Gasteiger partial charge in [-0.1, -0.05) is 44.2 Å². The minimum Gasteiger partial charge on any atom is -0.466 e. The lowest BCUT2D eigenvalue weighted by Crippen LogP contribution is -2.51. The number of ether oxygens (including phenoxy) is 1. The predicted molar refractivity (Wildman–Crippen MR) is 119 cm³/mol. The van der Waals surface area contributed by atoms with E-state index in [9.17, 15) is 4.79 Å². The van der Waals surface area contributed by atoms with Gasteiger partial charge in [-0.2, -0.15) is 0 Å². The molecule has 0 aliphatic carbocycles. The lowest BCUT2D eigenvalue weighted by Gasteiger charge is -2.35. The fourth-order valence-corrected chi connectivity index (χ4v) is 4.09. The normalized spacial score (nSPS) is 16.7. The van der Waals surface area contributed by atoms with Crippen molar-refractivity contribution in [1.82, 2.24) is 15.1 Å². The molecule has 1 aliphatic rings. The van der Waals surface area contributed by atoms with Crippen LogP contribution < -0.4 is 5.32 Å². The summed E-state index contributed by atoms with van der Waals surface area (Å²) in [4.78, 5) is 21.2. The van der Waals surface area contributed by atoms with Gasteiger partial charge in [0.05, 0.1) is 12.5 Å². The van der Waals surface area contributed by atoms with Crippen LogP contribution in [0, 0.1) is 5.92 Å². The number of piperidine rings is 1. The molecule has 1 saturated heterocycles. The Labute approximate surface area is 176 Å². The fraction of sp³-hybridized carbons (Fsp3) is 0.652. The summed E-state index contributed by atoms with van der Waals surface area (Å²) in [6, 6.07) is 11.1. The lowest BCUT2D eigenvalue weighted by molar-refractivity contribution is -0.149. The molecule has 1 aliphatic heterocycles. The molecule has 1 aromatic carbocycles. The largest absolute Gasteiger partial charge is 0.466 e. The highest BCUT2D eigenvalue weighted by atomic mass is 16.5. The van der Waals surface area contributed by atoms with Crippen molar-refractivity contribution in [2.45, 2.75) is 46.1 Å². The van der Waals surface area contributed by atoms with Gasteiger partial charge >= 0.3 is 5.97 Å². The average Bonchev–Trinajstić information content (AvgIpc) is 2.76. The molecule has 0 spiro atoms. The van der Waals surface area contributed by atoms with Gasteiger partial charge in [-0.05, 0) is 44.8 Å². The zero-order valence-electron chi connectivity index (χ0n) is 18.6. The molecule has 1 unspecified atom stereocenters. The van der Waals surface area contributed by atoms with Crippen LogP contribution in [0.4, 0.5) is 0 Å². The molecule has 0 amide bonds. The van der Waals surface area contributed by atoms with Gasteiger partial charge in [0.2, 0.25) is 0 Å². The van der Waals surface area contributed by atoms with Crippen molar-refractivity contribution in [3.63, 3.8) is 0 Å². The van der Waals surface area contributed by atoms with Crippen LogP contribution in [0.5, 0.6) is 0 Å². The Morgan fingerprint density at radius 3 is 2.41 bits per heavy atom. The molecule has 0 aromatic heterocycles. The number of hydrogen-bond acceptors (Lipinski definition) is 4. The Bertz CT molecular complexity index is 623. The van der Waals surface area contributed by atoms with Crippen molar-refractivity contribution in [2.24, 2.45) is 10.9 Å². The molecule has 0 radical (unpaired) electrons. The Kier molecular flexibility index (Phi) is 9.98. The van der Waals surface area contributed by atoms with E-state index in [2.05, 4.69) is 64.3 Å².